The molecule has 2 heterocycles. The molecule has 210 valence electrons. The van der Waals surface area contributed by atoms with E-state index in [-0.39, 0.29) is 18.2 Å². The Labute approximate surface area is 243 Å². The van der Waals surface area contributed by atoms with Gasteiger partial charge in [-0.1, -0.05) is 23.8 Å². The smallest absolute Gasteiger partial charge is 0.229 e. The van der Waals surface area contributed by atoms with Gasteiger partial charge in [0.15, 0.2) is 11.5 Å². The average Bonchev–Trinajstić information content (AvgIpc) is 2.98. The number of hydrogen-bond acceptors (Lipinski definition) is 6. The first kappa shape index (κ1) is 28.0. The van der Waals surface area contributed by atoms with Crippen LogP contribution in [0.3, 0.4) is 0 Å². The fourth-order valence-corrected chi connectivity index (χ4v) is 5.79. The number of hydrogen-bond donors (Lipinski definition) is 1. The van der Waals surface area contributed by atoms with Gasteiger partial charge in [-0.2, -0.15) is 0 Å². The zero-order valence-electron chi connectivity index (χ0n) is 23.0. The first-order valence-electron chi connectivity index (χ1n) is 13.4. The number of carbonyl (C=O) groups is 2. The first-order valence-corrected chi connectivity index (χ1v) is 14.2. The van der Waals surface area contributed by atoms with Crippen LogP contribution in [0, 0.1) is 12.8 Å². The Morgan fingerprint density at radius 3 is 2.35 bits per heavy atom. The van der Waals surface area contributed by atoms with E-state index in [0.29, 0.717) is 36.8 Å². The van der Waals surface area contributed by atoms with Crippen molar-refractivity contribution in [3.05, 3.63) is 76.3 Å². The van der Waals surface area contributed by atoms with Crippen molar-refractivity contribution in [3.63, 3.8) is 0 Å². The van der Waals surface area contributed by atoms with E-state index in [0.717, 1.165) is 40.1 Å². The zero-order chi connectivity index (χ0) is 28.2. The molecule has 0 saturated carbocycles. The van der Waals surface area contributed by atoms with Crippen LogP contribution in [0.4, 0.5) is 17.1 Å². The minimum atomic E-state index is -0.537. The molecule has 1 N–H and O–H groups in total. The van der Waals surface area contributed by atoms with E-state index in [2.05, 4.69) is 26.1 Å². The predicted octanol–water partition coefficient (Wildman–Crippen LogP) is 5.73. The van der Waals surface area contributed by atoms with Crippen LogP contribution >= 0.6 is 15.9 Å². The largest absolute Gasteiger partial charge is 0.493 e. The molecule has 5 rings (SSSR count). The molecule has 2 amide bonds. The van der Waals surface area contributed by atoms with Crippen LogP contribution in [0.2, 0.25) is 0 Å². The number of amides is 2. The molecule has 8 nitrogen and oxygen atoms in total. The van der Waals surface area contributed by atoms with Crippen LogP contribution in [0.5, 0.6) is 11.5 Å². The number of nitrogens with one attached hydrogen (secondary N) is 1. The molecule has 2 aliphatic heterocycles. The van der Waals surface area contributed by atoms with Gasteiger partial charge in [-0.25, -0.2) is 0 Å². The number of rotatable bonds is 7. The molecule has 2 fully saturated rings. The number of methoxy groups -OCH3 is 2. The van der Waals surface area contributed by atoms with Crippen LogP contribution in [0.25, 0.3) is 0 Å². The van der Waals surface area contributed by atoms with E-state index in [1.165, 1.54) is 0 Å². The van der Waals surface area contributed by atoms with Gasteiger partial charge >= 0.3 is 0 Å². The number of nitrogens with zero attached hydrogens (tertiary/aromatic N) is 2. The normalized spacial score (nSPS) is 19.4. The maximum atomic E-state index is 14.0. The molecule has 0 radical (unpaired) electrons. The maximum Gasteiger partial charge on any atom is 0.229 e. The highest BCUT2D eigenvalue weighted by Crippen LogP contribution is 2.43. The fraction of sp³-hybridized carbons (Fsp3) is 0.355. The number of halogens is 1. The van der Waals surface area contributed by atoms with Gasteiger partial charge in [-0.3, -0.25) is 9.59 Å². The number of benzene rings is 3. The number of ether oxygens (including phenoxy) is 3. The molecule has 2 unspecified atom stereocenters. The summed E-state index contributed by atoms with van der Waals surface area (Å²) in [5, 5.41) is 3.17. The van der Waals surface area contributed by atoms with Crippen LogP contribution in [-0.4, -0.2) is 52.3 Å². The Morgan fingerprint density at radius 2 is 1.65 bits per heavy atom. The lowest BCUT2D eigenvalue weighted by Gasteiger charge is -2.41. The molecule has 0 bridgehead atoms. The molecule has 2 saturated heterocycles. The molecule has 0 aromatic heterocycles. The predicted molar refractivity (Wildman–Crippen MR) is 159 cm³/mol. The van der Waals surface area contributed by atoms with Crippen molar-refractivity contribution in [1.29, 1.82) is 0 Å². The van der Waals surface area contributed by atoms with Gasteiger partial charge in [0.05, 0.1) is 45.1 Å². The summed E-state index contributed by atoms with van der Waals surface area (Å²) in [6.07, 6.45) is 0.692. The quantitative estimate of drug-likeness (QED) is 0.369. The van der Waals surface area contributed by atoms with Gasteiger partial charge in [-0.15, -0.1) is 0 Å². The van der Waals surface area contributed by atoms with Crippen molar-refractivity contribution in [2.24, 2.45) is 5.92 Å². The highest BCUT2D eigenvalue weighted by Gasteiger charge is 2.42. The van der Waals surface area contributed by atoms with Gasteiger partial charge in [-0.05, 0) is 77.3 Å². The van der Waals surface area contributed by atoms with Crippen molar-refractivity contribution in [2.75, 3.05) is 55.6 Å². The first-order chi connectivity index (χ1) is 19.4. The summed E-state index contributed by atoms with van der Waals surface area (Å²) in [4.78, 5) is 31.5. The molecule has 0 aliphatic carbocycles. The molecule has 2 aliphatic rings. The Bertz CT molecular complexity index is 1370. The van der Waals surface area contributed by atoms with Crippen molar-refractivity contribution in [1.82, 2.24) is 0 Å². The van der Waals surface area contributed by atoms with Gasteiger partial charge in [0, 0.05) is 35.4 Å². The van der Waals surface area contributed by atoms with Gasteiger partial charge in [0.2, 0.25) is 11.8 Å². The third-order valence-electron chi connectivity index (χ3n) is 7.58. The highest BCUT2D eigenvalue weighted by molar-refractivity contribution is 9.10. The molecule has 2 atom stereocenters. The second-order valence-electron chi connectivity index (χ2n) is 10.1. The molecule has 0 spiro atoms. The standard InChI is InChI=1S/C31H34BrN3O5/c1-20-4-7-22(8-5-20)35-29(36)13-10-24(30(35)21-6-12-27(38-2)28(18-21)39-3)31(37)33-26-19-23(9-11-25(26)32)34-14-16-40-17-15-34/h4-9,11-12,18-19,24,30H,10,13-17H2,1-3H3,(H,33,37). The number of carbonyl (C=O) groups excluding carboxylic acids is 2. The lowest BCUT2D eigenvalue weighted by atomic mass is 9.83. The van der Waals surface area contributed by atoms with E-state index < -0.39 is 12.0 Å². The van der Waals surface area contributed by atoms with E-state index in [4.69, 9.17) is 14.2 Å². The zero-order valence-corrected chi connectivity index (χ0v) is 24.6. The number of piperidine rings is 1. The van der Waals surface area contributed by atoms with Crippen LogP contribution < -0.4 is 24.6 Å². The Balaban J connectivity index is 1.52. The number of anilines is 3. The molecular formula is C31H34BrN3O5. The Hall–Kier alpha value is -3.56. The van der Waals surface area contributed by atoms with Crippen LogP contribution in [0.15, 0.2) is 65.1 Å². The summed E-state index contributed by atoms with van der Waals surface area (Å²) >= 11 is 3.61. The summed E-state index contributed by atoms with van der Waals surface area (Å²) in [5.74, 6) is 0.450. The molecule has 3 aromatic carbocycles. The monoisotopic (exact) mass is 607 g/mol. The van der Waals surface area contributed by atoms with Crippen LogP contribution in [-0.2, 0) is 14.3 Å². The van der Waals surface area contributed by atoms with E-state index >= 15 is 0 Å². The second-order valence-corrected chi connectivity index (χ2v) is 10.9. The lowest BCUT2D eigenvalue weighted by molar-refractivity contribution is -0.125. The SMILES string of the molecule is COc1ccc(C2C(C(=O)Nc3cc(N4CCOCC4)ccc3Br)CCC(=O)N2c2ccc(C)cc2)cc1OC. The van der Waals surface area contributed by atoms with Crippen molar-refractivity contribution in [3.8, 4) is 11.5 Å². The van der Waals surface area contributed by atoms with Crippen molar-refractivity contribution >= 4 is 44.8 Å². The summed E-state index contributed by atoms with van der Waals surface area (Å²) in [6, 6.07) is 18.9. The number of morpholine rings is 1. The molecule has 3 aromatic rings. The summed E-state index contributed by atoms with van der Waals surface area (Å²) in [7, 11) is 3.16. The van der Waals surface area contributed by atoms with Gasteiger partial charge in [0.25, 0.3) is 0 Å². The molecule has 9 heteroatoms. The minimum Gasteiger partial charge on any atom is -0.493 e. The second kappa shape index (κ2) is 12.3. The summed E-state index contributed by atoms with van der Waals surface area (Å²) in [6.45, 7) is 4.96. The minimum absolute atomic E-state index is 0.0248. The average molecular weight is 609 g/mol. The van der Waals surface area contributed by atoms with Crippen LogP contribution in [0.1, 0.15) is 30.0 Å². The van der Waals surface area contributed by atoms with Crippen molar-refractivity contribution < 1.29 is 23.8 Å². The third-order valence-corrected chi connectivity index (χ3v) is 8.27. The van der Waals surface area contributed by atoms with E-state index in [1.54, 1.807) is 19.1 Å². The lowest BCUT2D eigenvalue weighted by Crippen LogP contribution is -2.47. The van der Waals surface area contributed by atoms with Gasteiger partial charge in [0.1, 0.15) is 0 Å². The third kappa shape index (κ3) is 5.81. The molecule has 40 heavy (non-hydrogen) atoms. The number of aryl methyl sites for hydroxylation is 1. The topological polar surface area (TPSA) is 80.3 Å². The highest BCUT2D eigenvalue weighted by atomic mass is 79.9. The Kier molecular flexibility index (Phi) is 8.61. The summed E-state index contributed by atoms with van der Waals surface area (Å²) in [5.41, 5.74) is 4.36. The molecular weight excluding hydrogens is 574 g/mol. The van der Waals surface area contributed by atoms with Gasteiger partial charge < -0.3 is 29.3 Å². The van der Waals surface area contributed by atoms with E-state index in [9.17, 15) is 9.59 Å². The van der Waals surface area contributed by atoms with Crippen molar-refractivity contribution in [2.45, 2.75) is 25.8 Å². The Morgan fingerprint density at radius 1 is 0.950 bits per heavy atom. The fourth-order valence-electron chi connectivity index (χ4n) is 5.45. The van der Waals surface area contributed by atoms with E-state index in [1.807, 2.05) is 67.6 Å². The summed E-state index contributed by atoms with van der Waals surface area (Å²) < 4.78 is 17.3. The maximum absolute atomic E-state index is 14.0.